The molecule has 0 aliphatic rings. The molecule has 0 saturated heterocycles. The van der Waals surface area contributed by atoms with Crippen LogP contribution in [0.15, 0.2) is 55.1 Å². The lowest BCUT2D eigenvalue weighted by molar-refractivity contribution is -0.00454. The second kappa shape index (κ2) is 6.68. The largest absolute Gasteiger partial charge is 0.381 e. The van der Waals surface area contributed by atoms with Crippen molar-refractivity contribution in [2.75, 3.05) is 0 Å². The van der Waals surface area contributed by atoms with Crippen LogP contribution in [0.1, 0.15) is 5.56 Å². The van der Waals surface area contributed by atoms with Crippen LogP contribution in [0.4, 0.5) is 0 Å². The smallest absolute Gasteiger partial charge is 0.137 e. The number of aromatic nitrogens is 6. The summed E-state index contributed by atoms with van der Waals surface area (Å²) in [7, 11) is 0. The standard InChI is InChI=1S/C17H14Cl2N6O/c18-12-5-6-13(14(19)7-12)17(26,8-24-11-20-10-21-24)9-25-16-4-2-1-3-15(16)22-23-25/h1-7,10-11,26H,8-9H2. The lowest BCUT2D eigenvalue weighted by Crippen LogP contribution is -2.37. The van der Waals surface area contributed by atoms with Gasteiger partial charge in [0, 0.05) is 15.6 Å². The van der Waals surface area contributed by atoms with E-state index in [9.17, 15) is 5.11 Å². The van der Waals surface area contributed by atoms with Crippen molar-refractivity contribution < 1.29 is 5.11 Å². The number of nitrogens with zero attached hydrogens (tertiary/aromatic N) is 6. The molecule has 2 heterocycles. The molecule has 1 atom stereocenters. The van der Waals surface area contributed by atoms with Gasteiger partial charge in [-0.1, -0.05) is 46.6 Å². The van der Waals surface area contributed by atoms with E-state index in [4.69, 9.17) is 23.2 Å². The SMILES string of the molecule is OC(Cn1cncn1)(Cn1nnc2ccccc21)c1ccc(Cl)cc1Cl. The van der Waals surface area contributed by atoms with E-state index in [0.29, 0.717) is 15.6 Å². The number of aliphatic hydroxyl groups is 1. The number of fused-ring (bicyclic) bond motifs is 1. The fraction of sp³-hybridized carbons (Fsp3) is 0.176. The first kappa shape index (κ1) is 17.0. The van der Waals surface area contributed by atoms with Gasteiger partial charge in [-0.2, -0.15) is 5.10 Å². The summed E-state index contributed by atoms with van der Waals surface area (Å²) >= 11 is 12.4. The summed E-state index contributed by atoms with van der Waals surface area (Å²) in [6.45, 7) is 0.275. The van der Waals surface area contributed by atoms with Crippen LogP contribution in [-0.4, -0.2) is 34.9 Å². The summed E-state index contributed by atoms with van der Waals surface area (Å²) in [5.74, 6) is 0. The zero-order valence-electron chi connectivity index (χ0n) is 13.5. The Morgan fingerprint density at radius 3 is 2.69 bits per heavy atom. The lowest BCUT2D eigenvalue weighted by Gasteiger charge is -2.29. The summed E-state index contributed by atoms with van der Waals surface area (Å²) in [4.78, 5) is 3.94. The van der Waals surface area contributed by atoms with E-state index in [-0.39, 0.29) is 13.1 Å². The zero-order chi connectivity index (χ0) is 18.1. The maximum atomic E-state index is 11.6. The van der Waals surface area contributed by atoms with E-state index < -0.39 is 5.60 Å². The van der Waals surface area contributed by atoms with E-state index in [1.54, 1.807) is 27.6 Å². The third kappa shape index (κ3) is 3.16. The van der Waals surface area contributed by atoms with Gasteiger partial charge in [-0.15, -0.1) is 5.10 Å². The number of hydrogen-bond donors (Lipinski definition) is 1. The maximum absolute atomic E-state index is 11.6. The van der Waals surface area contributed by atoms with E-state index in [1.807, 2.05) is 24.3 Å². The van der Waals surface area contributed by atoms with Gasteiger partial charge in [-0.3, -0.25) is 0 Å². The summed E-state index contributed by atoms with van der Waals surface area (Å²) in [5.41, 5.74) is 0.692. The molecule has 0 saturated carbocycles. The quantitative estimate of drug-likeness (QED) is 0.568. The average molecular weight is 389 g/mol. The van der Waals surface area contributed by atoms with E-state index in [1.165, 1.54) is 12.7 Å². The molecule has 7 nitrogen and oxygen atoms in total. The molecule has 1 unspecified atom stereocenters. The van der Waals surface area contributed by atoms with E-state index in [0.717, 1.165) is 11.0 Å². The molecule has 26 heavy (non-hydrogen) atoms. The van der Waals surface area contributed by atoms with Crippen LogP contribution in [0.3, 0.4) is 0 Å². The normalized spacial score (nSPS) is 13.8. The molecule has 0 aliphatic heterocycles. The Morgan fingerprint density at radius 1 is 1.08 bits per heavy atom. The molecule has 0 fully saturated rings. The van der Waals surface area contributed by atoms with Crippen LogP contribution < -0.4 is 0 Å². The molecule has 4 aromatic rings. The van der Waals surface area contributed by atoms with Crippen molar-refractivity contribution >= 4 is 34.2 Å². The van der Waals surface area contributed by atoms with Crippen molar-refractivity contribution in [3.63, 3.8) is 0 Å². The second-order valence-corrected chi connectivity index (χ2v) is 6.83. The Bertz CT molecular complexity index is 1050. The lowest BCUT2D eigenvalue weighted by atomic mass is 9.93. The number of para-hydroxylation sites is 1. The van der Waals surface area contributed by atoms with Crippen LogP contribution in [0.5, 0.6) is 0 Å². The Labute approximate surface area is 158 Å². The minimum atomic E-state index is -1.40. The van der Waals surface area contributed by atoms with Crippen molar-refractivity contribution in [3.8, 4) is 0 Å². The van der Waals surface area contributed by atoms with Gasteiger partial charge in [0.25, 0.3) is 0 Å². The predicted molar refractivity (Wildman–Crippen MR) is 97.9 cm³/mol. The van der Waals surface area contributed by atoms with Crippen molar-refractivity contribution in [3.05, 3.63) is 70.7 Å². The Balaban J connectivity index is 1.79. The van der Waals surface area contributed by atoms with Crippen LogP contribution in [0.25, 0.3) is 11.0 Å². The first-order valence-electron chi connectivity index (χ1n) is 7.84. The molecule has 2 aromatic heterocycles. The van der Waals surface area contributed by atoms with Crippen molar-refractivity contribution in [2.24, 2.45) is 0 Å². The first-order valence-corrected chi connectivity index (χ1v) is 8.59. The Morgan fingerprint density at radius 2 is 1.92 bits per heavy atom. The molecule has 0 aliphatic carbocycles. The average Bonchev–Trinajstić information content (AvgIpc) is 3.25. The monoisotopic (exact) mass is 388 g/mol. The van der Waals surface area contributed by atoms with Crippen LogP contribution in [0, 0.1) is 0 Å². The van der Waals surface area contributed by atoms with Gasteiger partial charge in [0.2, 0.25) is 0 Å². The van der Waals surface area contributed by atoms with Gasteiger partial charge >= 0.3 is 0 Å². The number of hydrogen-bond acceptors (Lipinski definition) is 5. The maximum Gasteiger partial charge on any atom is 0.137 e. The second-order valence-electron chi connectivity index (χ2n) is 5.98. The van der Waals surface area contributed by atoms with Crippen molar-refractivity contribution in [1.29, 1.82) is 0 Å². The third-order valence-electron chi connectivity index (χ3n) is 4.15. The van der Waals surface area contributed by atoms with Crippen LogP contribution >= 0.6 is 23.2 Å². The molecular weight excluding hydrogens is 375 g/mol. The van der Waals surface area contributed by atoms with E-state index >= 15 is 0 Å². The number of halogens is 2. The molecule has 4 rings (SSSR count). The van der Waals surface area contributed by atoms with Crippen molar-refractivity contribution in [2.45, 2.75) is 18.7 Å². The molecule has 0 spiro atoms. The van der Waals surface area contributed by atoms with Gasteiger partial charge in [-0.25, -0.2) is 14.3 Å². The van der Waals surface area contributed by atoms with Gasteiger partial charge < -0.3 is 5.11 Å². The molecular formula is C17H14Cl2N6O. The molecule has 0 bridgehead atoms. The predicted octanol–water partition coefficient (Wildman–Crippen LogP) is 2.92. The molecule has 2 aromatic carbocycles. The highest BCUT2D eigenvalue weighted by molar-refractivity contribution is 6.35. The number of rotatable bonds is 5. The minimum Gasteiger partial charge on any atom is -0.381 e. The summed E-state index contributed by atoms with van der Waals surface area (Å²) in [6, 6.07) is 12.5. The summed E-state index contributed by atoms with van der Waals surface area (Å²) in [6.07, 6.45) is 2.95. The first-order chi connectivity index (χ1) is 12.5. The summed E-state index contributed by atoms with van der Waals surface area (Å²) < 4.78 is 3.20. The van der Waals surface area contributed by atoms with E-state index in [2.05, 4.69) is 20.4 Å². The minimum absolute atomic E-state index is 0.134. The topological polar surface area (TPSA) is 81.6 Å². The van der Waals surface area contributed by atoms with Gasteiger partial charge in [0.15, 0.2) is 0 Å². The Kier molecular flexibility index (Phi) is 4.36. The summed E-state index contributed by atoms with van der Waals surface area (Å²) in [5, 5.41) is 24.8. The van der Waals surface area contributed by atoms with Crippen LogP contribution in [0.2, 0.25) is 10.0 Å². The highest BCUT2D eigenvalue weighted by Gasteiger charge is 2.34. The highest BCUT2D eigenvalue weighted by Crippen LogP contribution is 2.33. The zero-order valence-corrected chi connectivity index (χ0v) is 15.0. The molecule has 0 radical (unpaired) electrons. The highest BCUT2D eigenvalue weighted by atomic mass is 35.5. The fourth-order valence-corrected chi connectivity index (χ4v) is 3.54. The third-order valence-corrected chi connectivity index (χ3v) is 4.70. The fourth-order valence-electron chi connectivity index (χ4n) is 2.95. The van der Waals surface area contributed by atoms with Gasteiger partial charge in [0.1, 0.15) is 23.8 Å². The van der Waals surface area contributed by atoms with Gasteiger partial charge in [-0.05, 0) is 24.3 Å². The molecule has 1 N–H and O–H groups in total. The Hall–Kier alpha value is -2.48. The molecule has 9 heteroatoms. The molecule has 132 valence electrons. The number of benzene rings is 2. The van der Waals surface area contributed by atoms with Gasteiger partial charge in [0.05, 0.1) is 18.6 Å². The molecule has 0 amide bonds. The van der Waals surface area contributed by atoms with Crippen molar-refractivity contribution in [1.82, 2.24) is 29.8 Å². The van der Waals surface area contributed by atoms with Crippen LogP contribution in [-0.2, 0) is 18.7 Å².